The second-order valence-electron chi connectivity index (χ2n) is 24.7. The first-order valence-corrected chi connectivity index (χ1v) is 34.2. The molecule has 0 bridgehead atoms. The van der Waals surface area contributed by atoms with Gasteiger partial charge in [-0.25, -0.2) is 0 Å². The molecule has 0 saturated carbocycles. The van der Waals surface area contributed by atoms with E-state index in [4.69, 9.17) is 33.2 Å². The third-order valence-electron chi connectivity index (χ3n) is 17.8. The van der Waals surface area contributed by atoms with Crippen molar-refractivity contribution in [3.8, 4) is 33.4 Å². The maximum Gasteiger partial charge on any atom is 0.302 e. The van der Waals surface area contributed by atoms with Gasteiger partial charge < -0.3 is 54.2 Å². The van der Waals surface area contributed by atoms with Crippen LogP contribution in [0.4, 0.5) is 0 Å². The third kappa shape index (κ3) is 21.3. The van der Waals surface area contributed by atoms with Crippen molar-refractivity contribution in [1.82, 2.24) is 16.0 Å². The first kappa shape index (κ1) is 77.0. The molecule has 0 spiro atoms. The van der Waals surface area contributed by atoms with Crippen molar-refractivity contribution in [2.24, 2.45) is 0 Å². The molecule has 3 aliphatic carbocycles. The van der Waals surface area contributed by atoms with E-state index in [-0.39, 0.29) is 66.1 Å². The van der Waals surface area contributed by atoms with E-state index in [9.17, 15) is 38.7 Å². The summed E-state index contributed by atoms with van der Waals surface area (Å²) in [7, 11) is 9.75. The maximum atomic E-state index is 13.0. The van der Waals surface area contributed by atoms with Crippen molar-refractivity contribution >= 4 is 46.6 Å². The fraction of sp³-hybridized carbons (Fsp3) is 0.438. The van der Waals surface area contributed by atoms with Crippen LogP contribution in [0.2, 0.25) is 0 Å². The first-order chi connectivity index (χ1) is 47.6. The molecule has 3 aliphatic rings. The molecule has 0 aliphatic heterocycles. The highest BCUT2D eigenvalue weighted by atomic mass is 16.5. The average Bonchev–Trinajstić information content (AvgIpc) is 1.61. The number of rotatable bonds is 39. The molecule has 0 radical (unpaired) electrons. The SMILES string of the molecule is C=C1c2cc(CCCC(=O)NCCOC)ccc2-c2c1cccc2C(=O)CCCOC.COCCCC(=O)c1cccc2c1-c1ccc(CCCC(=O)NCCOC)cc1C2CO.COCCCC(=O)c1cccc2c1-c1ccc(CCCC(=O)NCCOC)cc1C2COC(C)=O. The number of hydrogen-bond acceptors (Lipinski definition) is 15. The van der Waals surface area contributed by atoms with Crippen molar-refractivity contribution in [3.05, 3.63) is 183 Å². The molecule has 0 fully saturated rings. The molecule has 9 rings (SSSR count). The lowest BCUT2D eigenvalue weighted by Crippen LogP contribution is -2.26. The van der Waals surface area contributed by atoms with E-state index in [2.05, 4.69) is 77.1 Å². The Morgan fingerprint density at radius 1 is 0.398 bits per heavy atom. The van der Waals surface area contributed by atoms with Crippen LogP contribution in [0.5, 0.6) is 0 Å². The number of aryl methyl sites for hydroxylation is 3. The molecule has 0 saturated heterocycles. The van der Waals surface area contributed by atoms with Crippen molar-refractivity contribution in [1.29, 1.82) is 0 Å². The summed E-state index contributed by atoms with van der Waals surface area (Å²) in [4.78, 5) is 86.1. The lowest BCUT2D eigenvalue weighted by molar-refractivity contribution is -0.141. The number of aliphatic hydroxyl groups is 1. The third-order valence-corrected chi connectivity index (χ3v) is 17.8. The van der Waals surface area contributed by atoms with Crippen LogP contribution in [0.3, 0.4) is 0 Å². The Labute approximate surface area is 577 Å². The van der Waals surface area contributed by atoms with Crippen LogP contribution in [0.25, 0.3) is 39.0 Å². The second-order valence-corrected chi connectivity index (χ2v) is 24.7. The predicted molar refractivity (Wildman–Crippen MR) is 381 cm³/mol. The van der Waals surface area contributed by atoms with Gasteiger partial charge in [-0.15, -0.1) is 0 Å². The molecule has 98 heavy (non-hydrogen) atoms. The molecule has 0 aromatic heterocycles. The molecular weight excluding hydrogens is 1240 g/mol. The molecule has 524 valence electrons. The standard InChI is InChI=1S/C28H35NO6.C26H33NO5.C26H31NO4/c1-19(30)35-18-25-21-8-5-9-23(26(31)10-6-15-33-2)28(21)22-13-12-20(17-24(22)25)7-4-11-27(32)29-14-16-34-3;1-31-14-5-9-24(29)21-8-4-7-19-23(17-28)22-16-18(11-12-20(22)26(19)21)6-3-10-25(30)27-13-15-32-2;1-18-20-8-5-9-22(24(28)10-6-15-30-2)26(20)21-13-12-19(17-23(18)21)7-4-11-25(29)27-14-16-31-3/h5,8-9,12-13,17,25H,4,6-7,10-11,14-16,18H2,1-3H3,(H,29,32);4,7-8,11-12,16,23,28H,3,5-6,9-10,13-15,17H2,1-2H3,(H,27,30);5,8-9,12-13,17H,1,4,6-7,10-11,14-16H2,2-3H3,(H,27,29). The van der Waals surface area contributed by atoms with Gasteiger partial charge in [0.25, 0.3) is 0 Å². The molecule has 2 atom stereocenters. The van der Waals surface area contributed by atoms with Gasteiger partial charge in [-0.3, -0.25) is 33.6 Å². The molecule has 2 unspecified atom stereocenters. The van der Waals surface area contributed by atoms with Gasteiger partial charge in [-0.05, 0) is 141 Å². The zero-order valence-corrected chi connectivity index (χ0v) is 58.3. The lowest BCUT2D eigenvalue weighted by Gasteiger charge is -2.14. The molecular formula is C80H99N3O15. The monoisotopic (exact) mass is 1340 g/mol. The molecule has 3 amide bonds. The van der Waals surface area contributed by atoms with Crippen LogP contribution in [0.1, 0.15) is 177 Å². The normalized spacial score (nSPS) is 13.3. The first-order valence-electron chi connectivity index (χ1n) is 34.2. The fourth-order valence-corrected chi connectivity index (χ4v) is 13.0. The van der Waals surface area contributed by atoms with Gasteiger partial charge in [0, 0.05) is 162 Å². The molecule has 4 N–H and O–H groups in total. The smallest absolute Gasteiger partial charge is 0.302 e. The van der Waals surface area contributed by atoms with Crippen molar-refractivity contribution in [2.45, 2.75) is 115 Å². The maximum absolute atomic E-state index is 13.0. The molecule has 18 nitrogen and oxygen atoms in total. The van der Waals surface area contributed by atoms with Crippen LogP contribution in [-0.2, 0) is 71.6 Å². The van der Waals surface area contributed by atoms with E-state index >= 15 is 0 Å². The molecule has 0 heterocycles. The number of carbonyl (C=O) groups is 7. The number of esters is 1. The Morgan fingerprint density at radius 3 is 1.18 bits per heavy atom. The van der Waals surface area contributed by atoms with Crippen LogP contribution in [-0.4, -0.2) is 161 Å². The predicted octanol–water partition coefficient (Wildman–Crippen LogP) is 12.0. The van der Waals surface area contributed by atoms with Crippen LogP contribution in [0.15, 0.2) is 116 Å². The van der Waals surface area contributed by atoms with Gasteiger partial charge >= 0.3 is 5.97 Å². The van der Waals surface area contributed by atoms with Crippen molar-refractivity contribution < 1.29 is 71.8 Å². The number of benzene rings is 6. The van der Waals surface area contributed by atoms with Gasteiger partial charge in [-0.2, -0.15) is 0 Å². The Morgan fingerprint density at radius 2 is 0.776 bits per heavy atom. The number of carbonyl (C=O) groups excluding carboxylic acids is 7. The van der Waals surface area contributed by atoms with Crippen LogP contribution < -0.4 is 16.0 Å². The van der Waals surface area contributed by atoms with E-state index in [0.29, 0.717) is 123 Å². The van der Waals surface area contributed by atoms with E-state index in [1.54, 1.807) is 42.7 Å². The largest absolute Gasteiger partial charge is 0.465 e. The summed E-state index contributed by atoms with van der Waals surface area (Å²) in [6.45, 7) is 10.7. The van der Waals surface area contributed by atoms with E-state index in [1.807, 2.05) is 54.6 Å². The van der Waals surface area contributed by atoms with E-state index < -0.39 is 0 Å². The number of Topliss-reactive ketones (excluding diaryl/α,β-unsaturated/α-hetero) is 3. The van der Waals surface area contributed by atoms with E-state index in [0.717, 1.165) is 133 Å². The Balaban J connectivity index is 0.000000207. The summed E-state index contributed by atoms with van der Waals surface area (Å²) in [5.41, 5.74) is 18.8. The highest BCUT2D eigenvalue weighted by Gasteiger charge is 2.35. The zero-order chi connectivity index (χ0) is 70.3. The lowest BCUT2D eigenvalue weighted by atomic mass is 9.93. The van der Waals surface area contributed by atoms with Crippen molar-refractivity contribution in [3.63, 3.8) is 0 Å². The van der Waals surface area contributed by atoms with Gasteiger partial charge in [0.05, 0.1) is 26.4 Å². The highest BCUT2D eigenvalue weighted by molar-refractivity contribution is 6.11. The summed E-state index contributed by atoms with van der Waals surface area (Å²) in [6.07, 6.45) is 9.39. The van der Waals surface area contributed by atoms with Gasteiger partial charge in [0.1, 0.15) is 6.61 Å². The minimum absolute atomic E-state index is 0.00726. The summed E-state index contributed by atoms with van der Waals surface area (Å²) < 4.78 is 35.5. The number of nitrogens with one attached hydrogen (secondary N) is 3. The highest BCUT2D eigenvalue weighted by Crippen LogP contribution is 2.50. The van der Waals surface area contributed by atoms with E-state index in [1.165, 1.54) is 12.5 Å². The zero-order valence-electron chi connectivity index (χ0n) is 58.3. The van der Waals surface area contributed by atoms with Crippen LogP contribution in [0, 0.1) is 0 Å². The summed E-state index contributed by atoms with van der Waals surface area (Å²) in [6, 6.07) is 36.3. The quantitative estimate of drug-likeness (QED) is 0.0159. The Kier molecular flexibility index (Phi) is 31.9. The Hall–Kier alpha value is -8.33. The minimum atomic E-state index is -0.331. The van der Waals surface area contributed by atoms with Crippen molar-refractivity contribution in [2.75, 3.05) is 115 Å². The topological polar surface area (TPSA) is 240 Å². The number of aliphatic hydroxyl groups excluding tert-OH is 1. The number of methoxy groups -OCH3 is 6. The van der Waals surface area contributed by atoms with Gasteiger partial charge in [-0.1, -0.05) is 116 Å². The number of fused-ring (bicyclic) bond motifs is 9. The molecule has 18 heteroatoms. The Bertz CT molecular complexity index is 3710. The van der Waals surface area contributed by atoms with Gasteiger partial charge in [0.2, 0.25) is 17.7 Å². The minimum Gasteiger partial charge on any atom is -0.465 e. The van der Waals surface area contributed by atoms with Crippen LogP contribution >= 0.6 is 0 Å². The number of ether oxygens (including phenoxy) is 7. The number of hydrogen-bond donors (Lipinski definition) is 4. The second kappa shape index (κ2) is 40.5. The summed E-state index contributed by atoms with van der Waals surface area (Å²) >= 11 is 0. The molecule has 6 aromatic carbocycles. The average molecular weight is 1340 g/mol. The fourth-order valence-electron chi connectivity index (χ4n) is 13.0. The summed E-state index contributed by atoms with van der Waals surface area (Å²) in [5, 5.41) is 18.7. The van der Waals surface area contributed by atoms with Gasteiger partial charge in [0.15, 0.2) is 17.3 Å². The number of ketones is 3. The number of amides is 3. The molecule has 6 aromatic rings. The summed E-state index contributed by atoms with van der Waals surface area (Å²) in [5.74, 6) is -0.182.